The summed E-state index contributed by atoms with van der Waals surface area (Å²) in [4.78, 5) is 10.9. The maximum atomic E-state index is 12.3. The summed E-state index contributed by atoms with van der Waals surface area (Å²) in [6, 6.07) is -0.211. The standard InChI is InChI=1S/C10H12N6O4S/c1-14-5-8(2-11-14)21(19,20)15-3-7(4-15)16-6-9(10(17)18)12-13-16/h2,5-7H,3-4H2,1H3,(H,17,18). The topological polar surface area (TPSA) is 123 Å². The number of carboxylic acid groups (broad SMARTS) is 1. The zero-order valence-corrected chi connectivity index (χ0v) is 11.8. The van der Waals surface area contributed by atoms with E-state index in [-0.39, 0.29) is 29.7 Å². The van der Waals surface area contributed by atoms with E-state index >= 15 is 0 Å². The Bertz CT molecular complexity index is 788. The fourth-order valence-electron chi connectivity index (χ4n) is 2.01. The SMILES string of the molecule is Cn1cc(S(=O)(=O)N2CC(n3cc(C(=O)O)nn3)C2)cn1. The van der Waals surface area contributed by atoms with Crippen molar-refractivity contribution in [3.8, 4) is 0 Å². The van der Waals surface area contributed by atoms with E-state index in [4.69, 9.17) is 5.11 Å². The first-order chi connectivity index (χ1) is 9.88. The number of rotatable bonds is 4. The lowest BCUT2D eigenvalue weighted by Gasteiger charge is -2.37. The van der Waals surface area contributed by atoms with Crippen LogP contribution in [-0.4, -0.2) is 61.7 Å². The molecule has 0 spiro atoms. The van der Waals surface area contributed by atoms with Crippen LogP contribution in [0.1, 0.15) is 16.5 Å². The molecule has 0 atom stereocenters. The molecule has 0 bridgehead atoms. The molecule has 1 fully saturated rings. The third-order valence-electron chi connectivity index (χ3n) is 3.25. The Morgan fingerprint density at radius 3 is 2.62 bits per heavy atom. The minimum absolute atomic E-state index is 0.133. The van der Waals surface area contributed by atoms with E-state index in [1.807, 2.05) is 0 Å². The van der Waals surface area contributed by atoms with E-state index in [1.54, 1.807) is 7.05 Å². The molecule has 1 saturated heterocycles. The first kappa shape index (κ1) is 13.7. The van der Waals surface area contributed by atoms with Crippen LogP contribution >= 0.6 is 0 Å². The van der Waals surface area contributed by atoms with Crippen LogP contribution in [0.5, 0.6) is 0 Å². The molecule has 10 nitrogen and oxygen atoms in total. The van der Waals surface area contributed by atoms with Crippen LogP contribution in [0.15, 0.2) is 23.5 Å². The molecule has 0 amide bonds. The van der Waals surface area contributed by atoms with Gasteiger partial charge in [-0.05, 0) is 0 Å². The zero-order valence-electron chi connectivity index (χ0n) is 11.0. The van der Waals surface area contributed by atoms with E-state index in [0.29, 0.717) is 0 Å². The molecular formula is C10H12N6O4S. The fraction of sp³-hybridized carbons (Fsp3) is 0.400. The van der Waals surface area contributed by atoms with Crippen LogP contribution < -0.4 is 0 Å². The Labute approximate surface area is 119 Å². The van der Waals surface area contributed by atoms with Crippen molar-refractivity contribution in [1.82, 2.24) is 29.1 Å². The number of aryl methyl sites for hydroxylation is 1. The third-order valence-corrected chi connectivity index (χ3v) is 5.04. The normalized spacial score (nSPS) is 16.8. The van der Waals surface area contributed by atoms with Gasteiger partial charge in [0.05, 0.1) is 18.4 Å². The van der Waals surface area contributed by atoms with Crippen LogP contribution in [0, 0.1) is 0 Å². The van der Waals surface area contributed by atoms with Gasteiger partial charge in [0.15, 0.2) is 5.69 Å². The van der Waals surface area contributed by atoms with Crippen LogP contribution in [0.4, 0.5) is 0 Å². The molecule has 0 aromatic carbocycles. The molecule has 3 heterocycles. The number of aromatic nitrogens is 5. The number of nitrogens with zero attached hydrogens (tertiary/aromatic N) is 6. The van der Waals surface area contributed by atoms with E-state index < -0.39 is 16.0 Å². The van der Waals surface area contributed by atoms with Crippen molar-refractivity contribution in [3.63, 3.8) is 0 Å². The van der Waals surface area contributed by atoms with E-state index in [2.05, 4.69) is 15.4 Å². The molecule has 1 aliphatic heterocycles. The van der Waals surface area contributed by atoms with Crippen molar-refractivity contribution in [2.24, 2.45) is 7.05 Å². The molecule has 0 saturated carbocycles. The average molecular weight is 312 g/mol. The summed E-state index contributed by atoms with van der Waals surface area (Å²) in [5.41, 5.74) is -0.163. The van der Waals surface area contributed by atoms with Crippen molar-refractivity contribution in [2.45, 2.75) is 10.9 Å². The highest BCUT2D eigenvalue weighted by atomic mass is 32.2. The molecule has 11 heteroatoms. The van der Waals surface area contributed by atoms with Crippen LogP contribution in [0.2, 0.25) is 0 Å². The zero-order chi connectivity index (χ0) is 15.2. The maximum absolute atomic E-state index is 12.3. The predicted molar refractivity (Wildman–Crippen MR) is 68.0 cm³/mol. The number of aromatic carboxylic acids is 1. The molecule has 1 aliphatic rings. The van der Waals surface area contributed by atoms with E-state index in [0.717, 1.165) is 0 Å². The highest BCUT2D eigenvalue weighted by Gasteiger charge is 2.39. The molecular weight excluding hydrogens is 300 g/mol. The average Bonchev–Trinajstić information content (AvgIpc) is 2.96. The predicted octanol–water partition coefficient (Wildman–Crippen LogP) is -1.04. The van der Waals surface area contributed by atoms with Gasteiger partial charge in [0.1, 0.15) is 4.90 Å². The molecule has 0 radical (unpaired) electrons. The molecule has 0 aliphatic carbocycles. The van der Waals surface area contributed by atoms with Crippen LogP contribution in [-0.2, 0) is 17.1 Å². The Kier molecular flexibility index (Phi) is 3.02. The van der Waals surface area contributed by atoms with Gasteiger partial charge in [0, 0.05) is 26.3 Å². The maximum Gasteiger partial charge on any atom is 0.358 e. The largest absolute Gasteiger partial charge is 0.476 e. The molecule has 1 N–H and O–H groups in total. The summed E-state index contributed by atoms with van der Waals surface area (Å²) >= 11 is 0. The first-order valence-electron chi connectivity index (χ1n) is 6.02. The highest BCUT2D eigenvalue weighted by molar-refractivity contribution is 7.89. The Morgan fingerprint density at radius 2 is 2.10 bits per heavy atom. The van der Waals surface area contributed by atoms with Crippen molar-refractivity contribution < 1.29 is 18.3 Å². The lowest BCUT2D eigenvalue weighted by atomic mass is 10.2. The number of hydrogen-bond donors (Lipinski definition) is 1. The quantitative estimate of drug-likeness (QED) is 0.764. The van der Waals surface area contributed by atoms with Gasteiger partial charge in [-0.15, -0.1) is 5.10 Å². The molecule has 3 rings (SSSR count). The van der Waals surface area contributed by atoms with Gasteiger partial charge in [-0.25, -0.2) is 17.9 Å². The highest BCUT2D eigenvalue weighted by Crippen LogP contribution is 2.27. The molecule has 21 heavy (non-hydrogen) atoms. The second-order valence-corrected chi connectivity index (χ2v) is 6.65. The van der Waals surface area contributed by atoms with Gasteiger partial charge >= 0.3 is 5.97 Å². The number of hydrogen-bond acceptors (Lipinski definition) is 6. The molecule has 112 valence electrons. The smallest absolute Gasteiger partial charge is 0.358 e. The Morgan fingerprint density at radius 1 is 1.38 bits per heavy atom. The Hall–Kier alpha value is -2.27. The third kappa shape index (κ3) is 2.29. The van der Waals surface area contributed by atoms with Gasteiger partial charge in [-0.2, -0.15) is 9.40 Å². The lowest BCUT2D eigenvalue weighted by Crippen LogP contribution is -2.50. The number of carbonyl (C=O) groups is 1. The van der Waals surface area contributed by atoms with Crippen molar-refractivity contribution in [2.75, 3.05) is 13.1 Å². The van der Waals surface area contributed by atoms with Gasteiger partial charge < -0.3 is 5.11 Å². The Balaban J connectivity index is 1.71. The summed E-state index contributed by atoms with van der Waals surface area (Å²) in [6.07, 6.45) is 4.02. The van der Waals surface area contributed by atoms with Gasteiger partial charge in [-0.1, -0.05) is 5.21 Å². The van der Waals surface area contributed by atoms with Crippen LogP contribution in [0.3, 0.4) is 0 Å². The molecule has 2 aromatic heterocycles. The van der Waals surface area contributed by atoms with Crippen LogP contribution in [0.25, 0.3) is 0 Å². The summed E-state index contributed by atoms with van der Waals surface area (Å²) in [6.45, 7) is 0.444. The van der Waals surface area contributed by atoms with Crippen molar-refractivity contribution in [3.05, 3.63) is 24.3 Å². The summed E-state index contributed by atoms with van der Waals surface area (Å²) < 4.78 is 28.6. The summed E-state index contributed by atoms with van der Waals surface area (Å²) in [5, 5.41) is 19.8. The minimum atomic E-state index is -3.56. The number of sulfonamides is 1. The molecule has 2 aromatic rings. The van der Waals surface area contributed by atoms with Crippen molar-refractivity contribution >= 4 is 16.0 Å². The monoisotopic (exact) mass is 312 g/mol. The number of carboxylic acids is 1. The summed E-state index contributed by atoms with van der Waals surface area (Å²) in [5.74, 6) is -1.17. The van der Waals surface area contributed by atoms with E-state index in [1.165, 1.54) is 32.3 Å². The van der Waals surface area contributed by atoms with Gasteiger partial charge in [-0.3, -0.25) is 4.68 Å². The van der Waals surface area contributed by atoms with Gasteiger partial charge in [0.2, 0.25) is 10.0 Å². The summed E-state index contributed by atoms with van der Waals surface area (Å²) in [7, 11) is -1.92. The van der Waals surface area contributed by atoms with E-state index in [9.17, 15) is 13.2 Å². The first-order valence-corrected chi connectivity index (χ1v) is 7.46. The van der Waals surface area contributed by atoms with Gasteiger partial charge in [0.25, 0.3) is 0 Å². The van der Waals surface area contributed by atoms with Crippen molar-refractivity contribution in [1.29, 1.82) is 0 Å². The second kappa shape index (κ2) is 4.63. The lowest BCUT2D eigenvalue weighted by molar-refractivity contribution is 0.0690. The minimum Gasteiger partial charge on any atom is -0.476 e. The molecule has 0 unspecified atom stereocenters. The fourth-order valence-corrected chi connectivity index (χ4v) is 3.52. The second-order valence-electron chi connectivity index (χ2n) is 4.71.